The summed E-state index contributed by atoms with van der Waals surface area (Å²) in [5.74, 6) is -1.38. The van der Waals surface area contributed by atoms with E-state index in [0.717, 1.165) is 18.5 Å². The Labute approximate surface area is 122 Å². The number of amides is 1. The Hall–Kier alpha value is -2.81. The lowest BCUT2D eigenvalue weighted by Gasteiger charge is -2.08. The highest BCUT2D eigenvalue weighted by atomic mass is 35.5. The van der Waals surface area contributed by atoms with E-state index >= 15 is 0 Å². The molecule has 0 unspecified atom stereocenters. The Bertz CT molecular complexity index is 695. The first-order valence-corrected chi connectivity index (χ1v) is 5.83. The molecule has 1 aromatic heterocycles. The number of nitrogens with one attached hydrogen (secondary N) is 2. The molecular formula is C11H7ClFN5O3. The van der Waals surface area contributed by atoms with Crippen LogP contribution in [-0.2, 0) is 0 Å². The predicted molar refractivity (Wildman–Crippen MR) is 71.2 cm³/mol. The molecule has 2 aromatic rings. The molecule has 0 fully saturated rings. The number of anilines is 1. The third-order valence-electron chi connectivity index (χ3n) is 2.36. The van der Waals surface area contributed by atoms with Crippen molar-refractivity contribution >= 4 is 29.0 Å². The van der Waals surface area contributed by atoms with Crippen LogP contribution in [0.5, 0.6) is 0 Å². The molecule has 0 aliphatic heterocycles. The van der Waals surface area contributed by atoms with Gasteiger partial charge in [-0.1, -0.05) is 11.6 Å². The molecule has 0 saturated carbocycles. The number of hydrazine groups is 1. The first-order valence-electron chi connectivity index (χ1n) is 5.46. The molecule has 21 heavy (non-hydrogen) atoms. The Kier molecular flexibility index (Phi) is 4.24. The Morgan fingerprint density at radius 2 is 1.95 bits per heavy atom. The summed E-state index contributed by atoms with van der Waals surface area (Å²) in [7, 11) is 0. The summed E-state index contributed by atoms with van der Waals surface area (Å²) in [6.45, 7) is 0. The van der Waals surface area contributed by atoms with Crippen LogP contribution < -0.4 is 10.9 Å². The third-order valence-corrected chi connectivity index (χ3v) is 2.64. The molecule has 0 radical (unpaired) electrons. The van der Waals surface area contributed by atoms with Gasteiger partial charge in [-0.15, -0.1) is 0 Å². The van der Waals surface area contributed by atoms with Crippen molar-refractivity contribution in [3.05, 3.63) is 57.2 Å². The van der Waals surface area contributed by atoms with E-state index < -0.39 is 22.3 Å². The fourth-order valence-electron chi connectivity index (χ4n) is 1.40. The van der Waals surface area contributed by atoms with Crippen molar-refractivity contribution in [2.45, 2.75) is 0 Å². The molecule has 0 aliphatic carbocycles. The number of carbonyl (C=O) groups is 1. The molecular weight excluding hydrogens is 305 g/mol. The SMILES string of the molecule is O=C(NNc1ncnc(Cl)c1[N+](=O)[O-])c1ccc(F)cc1. The monoisotopic (exact) mass is 311 g/mol. The van der Waals surface area contributed by atoms with E-state index in [1.165, 1.54) is 12.1 Å². The Balaban J connectivity index is 2.13. The van der Waals surface area contributed by atoms with E-state index in [1.54, 1.807) is 0 Å². The van der Waals surface area contributed by atoms with Crippen LogP contribution in [0, 0.1) is 15.9 Å². The molecule has 0 atom stereocenters. The maximum atomic E-state index is 12.7. The number of carbonyl (C=O) groups excluding carboxylic acids is 1. The van der Waals surface area contributed by atoms with Crippen LogP contribution in [0.15, 0.2) is 30.6 Å². The lowest BCUT2D eigenvalue weighted by molar-refractivity contribution is -0.384. The van der Waals surface area contributed by atoms with E-state index in [9.17, 15) is 19.3 Å². The molecule has 0 saturated heterocycles. The van der Waals surface area contributed by atoms with Crippen LogP contribution in [0.4, 0.5) is 15.9 Å². The van der Waals surface area contributed by atoms with Gasteiger partial charge in [0, 0.05) is 5.56 Å². The zero-order chi connectivity index (χ0) is 15.4. The molecule has 1 amide bonds. The summed E-state index contributed by atoms with van der Waals surface area (Å²) in [4.78, 5) is 28.9. The summed E-state index contributed by atoms with van der Waals surface area (Å²) in [5.41, 5.74) is 4.06. The summed E-state index contributed by atoms with van der Waals surface area (Å²) in [6, 6.07) is 4.74. The van der Waals surface area contributed by atoms with Gasteiger partial charge in [0.15, 0.2) is 0 Å². The number of nitrogens with zero attached hydrogens (tertiary/aromatic N) is 3. The molecule has 8 nitrogen and oxygen atoms in total. The van der Waals surface area contributed by atoms with E-state index in [-0.39, 0.29) is 16.5 Å². The largest absolute Gasteiger partial charge is 0.350 e. The maximum Gasteiger partial charge on any atom is 0.350 e. The smallest absolute Gasteiger partial charge is 0.276 e. The van der Waals surface area contributed by atoms with Gasteiger partial charge in [-0.3, -0.25) is 25.8 Å². The van der Waals surface area contributed by atoms with E-state index in [2.05, 4.69) is 20.8 Å². The lowest BCUT2D eigenvalue weighted by Crippen LogP contribution is -2.30. The van der Waals surface area contributed by atoms with Crippen molar-refractivity contribution in [1.82, 2.24) is 15.4 Å². The highest BCUT2D eigenvalue weighted by Crippen LogP contribution is 2.27. The first kappa shape index (κ1) is 14.6. The molecule has 0 aliphatic rings. The van der Waals surface area contributed by atoms with Gasteiger partial charge in [0.2, 0.25) is 11.0 Å². The van der Waals surface area contributed by atoms with Gasteiger partial charge in [-0.2, -0.15) is 0 Å². The van der Waals surface area contributed by atoms with Crippen molar-refractivity contribution in [2.24, 2.45) is 0 Å². The molecule has 108 valence electrons. The quantitative estimate of drug-likeness (QED) is 0.507. The summed E-state index contributed by atoms with van der Waals surface area (Å²) in [5, 5.41) is 10.5. The minimum Gasteiger partial charge on any atom is -0.276 e. The van der Waals surface area contributed by atoms with Crippen molar-refractivity contribution in [3.8, 4) is 0 Å². The van der Waals surface area contributed by atoms with Crippen LogP contribution in [0.3, 0.4) is 0 Å². The highest BCUT2D eigenvalue weighted by molar-refractivity contribution is 6.31. The second-order valence-corrected chi connectivity index (χ2v) is 4.06. The topological polar surface area (TPSA) is 110 Å². The highest BCUT2D eigenvalue weighted by Gasteiger charge is 2.21. The van der Waals surface area contributed by atoms with Gasteiger partial charge in [0.25, 0.3) is 5.91 Å². The molecule has 10 heteroatoms. The van der Waals surface area contributed by atoms with Crippen LogP contribution in [0.1, 0.15) is 10.4 Å². The number of hydrogen-bond acceptors (Lipinski definition) is 6. The third kappa shape index (κ3) is 3.39. The normalized spacial score (nSPS) is 10.0. The molecule has 0 spiro atoms. The van der Waals surface area contributed by atoms with Gasteiger partial charge in [0.1, 0.15) is 12.1 Å². The van der Waals surface area contributed by atoms with Gasteiger partial charge in [-0.05, 0) is 24.3 Å². The summed E-state index contributed by atoms with van der Waals surface area (Å²) in [6.07, 6.45) is 1.00. The second-order valence-electron chi connectivity index (χ2n) is 3.70. The minimum atomic E-state index is -0.783. The van der Waals surface area contributed by atoms with E-state index in [0.29, 0.717) is 0 Å². The van der Waals surface area contributed by atoms with Gasteiger partial charge in [0.05, 0.1) is 4.92 Å². The Morgan fingerprint density at radius 3 is 2.57 bits per heavy atom. The van der Waals surface area contributed by atoms with Crippen molar-refractivity contribution in [3.63, 3.8) is 0 Å². The first-order chi connectivity index (χ1) is 9.99. The second kappa shape index (κ2) is 6.09. The molecule has 2 N–H and O–H groups in total. The molecule has 2 rings (SSSR count). The van der Waals surface area contributed by atoms with Crippen molar-refractivity contribution < 1.29 is 14.1 Å². The molecule has 1 aromatic carbocycles. The number of nitro groups is 1. The predicted octanol–water partition coefficient (Wildman–Crippen LogP) is 1.93. The van der Waals surface area contributed by atoms with Crippen molar-refractivity contribution in [2.75, 3.05) is 5.43 Å². The average Bonchev–Trinajstić information content (AvgIpc) is 2.45. The maximum absolute atomic E-state index is 12.7. The Morgan fingerprint density at radius 1 is 1.29 bits per heavy atom. The number of hydrogen-bond donors (Lipinski definition) is 2. The minimum absolute atomic E-state index is 0.159. The number of benzene rings is 1. The number of rotatable bonds is 4. The summed E-state index contributed by atoms with van der Waals surface area (Å²) < 4.78 is 12.7. The number of halogens is 2. The van der Waals surface area contributed by atoms with Crippen LogP contribution in [-0.4, -0.2) is 20.8 Å². The fraction of sp³-hybridized carbons (Fsp3) is 0. The van der Waals surface area contributed by atoms with E-state index in [4.69, 9.17) is 11.6 Å². The van der Waals surface area contributed by atoms with Crippen LogP contribution >= 0.6 is 11.6 Å². The van der Waals surface area contributed by atoms with Crippen LogP contribution in [0.2, 0.25) is 5.15 Å². The zero-order valence-electron chi connectivity index (χ0n) is 10.2. The fourth-order valence-corrected chi connectivity index (χ4v) is 1.60. The summed E-state index contributed by atoms with van der Waals surface area (Å²) >= 11 is 5.59. The van der Waals surface area contributed by atoms with E-state index in [1.807, 2.05) is 0 Å². The van der Waals surface area contributed by atoms with Gasteiger partial charge < -0.3 is 0 Å². The zero-order valence-corrected chi connectivity index (χ0v) is 11.0. The van der Waals surface area contributed by atoms with Gasteiger partial charge >= 0.3 is 5.69 Å². The average molecular weight is 312 g/mol. The molecule has 0 bridgehead atoms. The lowest BCUT2D eigenvalue weighted by atomic mass is 10.2. The van der Waals surface area contributed by atoms with Crippen molar-refractivity contribution in [1.29, 1.82) is 0 Å². The molecule has 1 heterocycles. The standard InChI is InChI=1S/C11H7ClFN5O3/c12-9-8(18(20)21)10(15-5-14-9)16-17-11(19)6-1-3-7(13)4-2-6/h1-5H,(H,17,19)(H,14,15,16). The number of aromatic nitrogens is 2. The van der Waals surface area contributed by atoms with Gasteiger partial charge in [-0.25, -0.2) is 14.4 Å². The van der Waals surface area contributed by atoms with Crippen LogP contribution in [0.25, 0.3) is 0 Å².